The highest BCUT2D eigenvalue weighted by Crippen LogP contribution is 2.28. The smallest absolute Gasteiger partial charge is 0.296 e. The maximum absolute atomic E-state index is 12.5. The van der Waals surface area contributed by atoms with Crippen molar-refractivity contribution in [2.24, 2.45) is 0 Å². The molecular weight excluding hydrogens is 404 g/mol. The first-order chi connectivity index (χ1) is 12.0. The summed E-state index contributed by atoms with van der Waals surface area (Å²) in [5.41, 5.74) is 5.15. The van der Waals surface area contributed by atoms with E-state index in [9.17, 15) is 21.6 Å². The van der Waals surface area contributed by atoms with Crippen molar-refractivity contribution in [3.8, 4) is 0 Å². The molecule has 1 atom stereocenters. The number of hydrogen-bond donors (Lipinski definition) is 2. The Morgan fingerprint density at radius 1 is 1.12 bits per heavy atom. The number of nitrogens with zero attached hydrogens (tertiary/aromatic N) is 1. The maximum atomic E-state index is 12.5. The van der Waals surface area contributed by atoms with Crippen molar-refractivity contribution in [2.75, 3.05) is 10.2 Å². The second-order valence-corrected chi connectivity index (χ2v) is 9.31. The van der Waals surface area contributed by atoms with E-state index in [1.165, 1.54) is 31.2 Å². The van der Waals surface area contributed by atoms with Gasteiger partial charge < -0.3 is 5.73 Å². The van der Waals surface area contributed by atoms with Gasteiger partial charge in [-0.1, -0.05) is 18.2 Å². The molecule has 2 rings (SSSR count). The van der Waals surface area contributed by atoms with Crippen LogP contribution < -0.4 is 10.2 Å². The van der Waals surface area contributed by atoms with Crippen LogP contribution in [0.5, 0.6) is 0 Å². The first kappa shape index (κ1) is 20.2. The number of amides is 1. The third-order valence-electron chi connectivity index (χ3n) is 3.58. The minimum Gasteiger partial charge on any atom is -0.398 e. The number of rotatable bonds is 5. The molecular formula is C15H15ClN2O6S2. The van der Waals surface area contributed by atoms with Crippen LogP contribution in [0.15, 0.2) is 58.3 Å². The second kappa shape index (κ2) is 7.23. The number of benzene rings is 2. The van der Waals surface area contributed by atoms with E-state index in [-0.39, 0.29) is 16.3 Å². The minimum absolute atomic E-state index is 0.0350. The molecule has 0 heterocycles. The SMILES string of the molecule is CC(C(=O)N(Cl)c1ccc(S(=O)(=O)O)c(N)c1)S(=O)(=O)c1ccccc1. The van der Waals surface area contributed by atoms with Crippen LogP contribution in [0, 0.1) is 0 Å². The number of nitrogen functional groups attached to an aromatic ring is 1. The van der Waals surface area contributed by atoms with Gasteiger partial charge in [-0.3, -0.25) is 9.35 Å². The molecule has 3 N–H and O–H groups in total. The number of carbonyl (C=O) groups excluding carboxylic acids is 1. The predicted octanol–water partition coefficient (Wildman–Crippen LogP) is 1.86. The quantitative estimate of drug-likeness (QED) is 0.429. The molecule has 0 spiro atoms. The lowest BCUT2D eigenvalue weighted by atomic mass is 10.2. The predicted molar refractivity (Wildman–Crippen MR) is 97.1 cm³/mol. The van der Waals surface area contributed by atoms with Crippen LogP contribution in [0.25, 0.3) is 0 Å². The van der Waals surface area contributed by atoms with Gasteiger partial charge >= 0.3 is 0 Å². The van der Waals surface area contributed by atoms with Crippen LogP contribution in [0.3, 0.4) is 0 Å². The van der Waals surface area contributed by atoms with Gasteiger partial charge in [0.1, 0.15) is 10.1 Å². The van der Waals surface area contributed by atoms with E-state index in [1.807, 2.05) is 0 Å². The number of halogens is 1. The van der Waals surface area contributed by atoms with Gasteiger partial charge in [-0.2, -0.15) is 8.42 Å². The number of carbonyl (C=O) groups is 1. The molecule has 0 saturated carbocycles. The van der Waals surface area contributed by atoms with Crippen LogP contribution in [-0.4, -0.2) is 32.5 Å². The molecule has 0 aromatic heterocycles. The molecule has 140 valence electrons. The summed E-state index contributed by atoms with van der Waals surface area (Å²) in [6.45, 7) is 1.19. The molecule has 0 fully saturated rings. The standard InChI is InChI=1S/C15H15ClN2O6S2/c1-10(25(20,21)12-5-3-2-4-6-12)15(19)18(16)11-7-8-14(13(17)9-11)26(22,23)24/h2-10H,17H2,1H3,(H,22,23,24). The van der Waals surface area contributed by atoms with Crippen LogP contribution in [0.2, 0.25) is 0 Å². The zero-order valence-electron chi connectivity index (χ0n) is 13.4. The summed E-state index contributed by atoms with van der Waals surface area (Å²) in [6, 6.07) is 10.5. The summed E-state index contributed by atoms with van der Waals surface area (Å²) in [5, 5.41) is -1.50. The van der Waals surface area contributed by atoms with Crippen LogP contribution in [0.4, 0.5) is 11.4 Å². The summed E-state index contributed by atoms with van der Waals surface area (Å²) in [6.07, 6.45) is 0. The van der Waals surface area contributed by atoms with Gasteiger partial charge in [-0.05, 0) is 37.3 Å². The van der Waals surface area contributed by atoms with Gasteiger partial charge in [0.25, 0.3) is 16.0 Å². The summed E-state index contributed by atoms with van der Waals surface area (Å²) in [4.78, 5) is 11.9. The fourth-order valence-electron chi connectivity index (χ4n) is 2.13. The van der Waals surface area contributed by atoms with Crippen molar-refractivity contribution in [1.82, 2.24) is 0 Å². The number of sulfone groups is 1. The Bertz CT molecular complexity index is 1040. The topological polar surface area (TPSA) is 135 Å². The van der Waals surface area contributed by atoms with E-state index in [0.29, 0.717) is 4.42 Å². The fraction of sp³-hybridized carbons (Fsp3) is 0.133. The highest BCUT2D eigenvalue weighted by molar-refractivity contribution is 7.92. The van der Waals surface area contributed by atoms with Crippen molar-refractivity contribution in [1.29, 1.82) is 0 Å². The normalized spacial score (nSPS) is 13.2. The molecule has 0 saturated heterocycles. The van der Waals surface area contributed by atoms with Crippen molar-refractivity contribution in [2.45, 2.75) is 22.0 Å². The molecule has 2 aromatic carbocycles. The Morgan fingerprint density at radius 2 is 1.69 bits per heavy atom. The van der Waals surface area contributed by atoms with Gasteiger partial charge in [-0.25, -0.2) is 12.8 Å². The molecule has 1 amide bonds. The van der Waals surface area contributed by atoms with E-state index in [4.69, 9.17) is 22.1 Å². The second-order valence-electron chi connectivity index (χ2n) is 5.32. The lowest BCUT2D eigenvalue weighted by Gasteiger charge is -2.19. The van der Waals surface area contributed by atoms with Crippen LogP contribution >= 0.6 is 11.8 Å². The number of anilines is 2. The molecule has 0 aliphatic carbocycles. The maximum Gasteiger partial charge on any atom is 0.296 e. The molecule has 0 aliphatic rings. The highest BCUT2D eigenvalue weighted by Gasteiger charge is 2.33. The van der Waals surface area contributed by atoms with Crippen molar-refractivity contribution in [3.63, 3.8) is 0 Å². The molecule has 0 bridgehead atoms. The largest absolute Gasteiger partial charge is 0.398 e. The average molecular weight is 419 g/mol. The molecule has 11 heteroatoms. The van der Waals surface area contributed by atoms with Gasteiger partial charge in [0.15, 0.2) is 9.84 Å². The first-order valence-corrected chi connectivity index (χ1v) is 10.4. The van der Waals surface area contributed by atoms with Crippen LogP contribution in [-0.2, 0) is 24.7 Å². The molecule has 0 aliphatic heterocycles. The molecule has 1 unspecified atom stereocenters. The van der Waals surface area contributed by atoms with Crippen molar-refractivity contribution >= 4 is 49.0 Å². The highest BCUT2D eigenvalue weighted by atomic mass is 35.5. The zero-order chi connectivity index (χ0) is 19.7. The Kier molecular flexibility index (Phi) is 5.61. The molecule has 26 heavy (non-hydrogen) atoms. The lowest BCUT2D eigenvalue weighted by Crippen LogP contribution is -2.36. The Labute approximate surface area is 156 Å². The van der Waals surface area contributed by atoms with Crippen LogP contribution in [0.1, 0.15) is 6.92 Å². The average Bonchev–Trinajstić information content (AvgIpc) is 2.59. The van der Waals surface area contributed by atoms with Gasteiger partial charge in [0.05, 0.1) is 16.3 Å². The zero-order valence-corrected chi connectivity index (χ0v) is 15.8. The third kappa shape index (κ3) is 3.98. The van der Waals surface area contributed by atoms with E-state index in [2.05, 4.69) is 0 Å². The van der Waals surface area contributed by atoms with E-state index < -0.39 is 36.0 Å². The summed E-state index contributed by atoms with van der Waals surface area (Å²) >= 11 is 5.94. The summed E-state index contributed by atoms with van der Waals surface area (Å²) < 4.78 is 56.9. The first-order valence-electron chi connectivity index (χ1n) is 7.12. The minimum atomic E-state index is -4.54. The number of hydrogen-bond acceptors (Lipinski definition) is 6. The molecule has 0 radical (unpaired) electrons. The summed E-state index contributed by atoms with van der Waals surface area (Å²) in [5.74, 6) is -0.950. The monoisotopic (exact) mass is 418 g/mol. The van der Waals surface area contributed by atoms with E-state index >= 15 is 0 Å². The van der Waals surface area contributed by atoms with Gasteiger partial charge in [-0.15, -0.1) is 0 Å². The molecule has 8 nitrogen and oxygen atoms in total. The van der Waals surface area contributed by atoms with E-state index in [1.54, 1.807) is 6.07 Å². The lowest BCUT2D eigenvalue weighted by molar-refractivity contribution is -0.116. The Balaban J connectivity index is 2.34. The fourth-order valence-corrected chi connectivity index (χ4v) is 4.35. The summed E-state index contributed by atoms with van der Waals surface area (Å²) in [7, 11) is -8.51. The third-order valence-corrected chi connectivity index (χ3v) is 6.93. The van der Waals surface area contributed by atoms with Crippen molar-refractivity contribution < 1.29 is 26.2 Å². The van der Waals surface area contributed by atoms with Gasteiger partial charge in [0.2, 0.25) is 0 Å². The number of nitrogens with two attached hydrogens (primary N) is 1. The Hall–Kier alpha value is -2.14. The molecule has 2 aromatic rings. The van der Waals surface area contributed by atoms with E-state index in [0.717, 1.165) is 18.2 Å². The van der Waals surface area contributed by atoms with Gasteiger partial charge in [0, 0.05) is 11.8 Å². The van der Waals surface area contributed by atoms with Crippen molar-refractivity contribution in [3.05, 3.63) is 48.5 Å². The Morgan fingerprint density at radius 3 is 2.19 bits per heavy atom.